The van der Waals surface area contributed by atoms with Gasteiger partial charge in [-0.15, -0.1) is 0 Å². The standard InChI is InChI=1S/C19H16FN3O3/c1-13-5-4-6-15(9-13)25-12-18(24)23-14-10-21-19(22-11-14)26-17-8-3-2-7-16(17)20/h2-11H,12H2,1H3,(H,23,24). The van der Waals surface area contributed by atoms with Crippen molar-refractivity contribution in [3.8, 4) is 17.5 Å². The van der Waals surface area contributed by atoms with E-state index in [1.165, 1.54) is 24.5 Å². The smallest absolute Gasteiger partial charge is 0.322 e. The normalized spacial score (nSPS) is 10.2. The average molecular weight is 353 g/mol. The van der Waals surface area contributed by atoms with E-state index in [4.69, 9.17) is 9.47 Å². The summed E-state index contributed by atoms with van der Waals surface area (Å²) in [6.45, 7) is 1.80. The van der Waals surface area contributed by atoms with Crippen LogP contribution in [-0.2, 0) is 4.79 Å². The molecule has 2 aromatic carbocycles. The van der Waals surface area contributed by atoms with Crippen LogP contribution < -0.4 is 14.8 Å². The van der Waals surface area contributed by atoms with Crippen LogP contribution in [0, 0.1) is 12.7 Å². The van der Waals surface area contributed by atoms with Gasteiger partial charge in [-0.1, -0.05) is 24.3 Å². The van der Waals surface area contributed by atoms with Gasteiger partial charge in [-0.3, -0.25) is 4.79 Å². The summed E-state index contributed by atoms with van der Waals surface area (Å²) in [6, 6.07) is 13.3. The number of nitrogens with zero attached hydrogens (tertiary/aromatic N) is 2. The first-order valence-electron chi connectivity index (χ1n) is 7.84. The van der Waals surface area contributed by atoms with Gasteiger partial charge in [0, 0.05) is 0 Å². The van der Waals surface area contributed by atoms with E-state index in [-0.39, 0.29) is 24.3 Å². The number of halogens is 1. The summed E-state index contributed by atoms with van der Waals surface area (Å²) >= 11 is 0. The van der Waals surface area contributed by atoms with E-state index in [0.29, 0.717) is 11.4 Å². The minimum Gasteiger partial charge on any atom is -0.484 e. The summed E-state index contributed by atoms with van der Waals surface area (Å²) in [5.41, 5.74) is 1.42. The SMILES string of the molecule is Cc1cccc(OCC(=O)Nc2cnc(Oc3ccccc3F)nc2)c1. The zero-order valence-corrected chi connectivity index (χ0v) is 14.0. The number of amides is 1. The van der Waals surface area contributed by atoms with E-state index in [1.54, 1.807) is 18.2 Å². The first-order valence-corrected chi connectivity index (χ1v) is 7.84. The number of para-hydroxylation sites is 1. The molecule has 132 valence electrons. The third-order valence-corrected chi connectivity index (χ3v) is 3.31. The van der Waals surface area contributed by atoms with Gasteiger partial charge in [-0.25, -0.2) is 14.4 Å². The first kappa shape index (κ1) is 17.3. The highest BCUT2D eigenvalue weighted by molar-refractivity contribution is 5.91. The van der Waals surface area contributed by atoms with Gasteiger partial charge in [-0.05, 0) is 36.8 Å². The molecule has 0 saturated heterocycles. The van der Waals surface area contributed by atoms with E-state index in [0.717, 1.165) is 5.56 Å². The highest BCUT2D eigenvalue weighted by Crippen LogP contribution is 2.21. The summed E-state index contributed by atoms with van der Waals surface area (Å²) in [5.74, 6) is -0.222. The number of benzene rings is 2. The number of aromatic nitrogens is 2. The molecule has 0 bridgehead atoms. The monoisotopic (exact) mass is 353 g/mol. The van der Waals surface area contributed by atoms with Gasteiger partial charge in [0.15, 0.2) is 18.2 Å². The van der Waals surface area contributed by atoms with Crippen molar-refractivity contribution in [1.82, 2.24) is 9.97 Å². The maximum Gasteiger partial charge on any atom is 0.322 e. The molecule has 3 aromatic rings. The fraction of sp³-hybridized carbons (Fsp3) is 0.105. The molecule has 26 heavy (non-hydrogen) atoms. The molecule has 0 aliphatic carbocycles. The molecule has 0 aliphatic rings. The van der Waals surface area contributed by atoms with E-state index in [9.17, 15) is 9.18 Å². The maximum atomic E-state index is 13.5. The van der Waals surface area contributed by atoms with E-state index < -0.39 is 5.82 Å². The molecule has 0 fully saturated rings. The number of ether oxygens (including phenoxy) is 2. The largest absolute Gasteiger partial charge is 0.484 e. The molecule has 0 unspecified atom stereocenters. The number of aryl methyl sites for hydroxylation is 1. The van der Waals surface area contributed by atoms with Gasteiger partial charge in [0.2, 0.25) is 0 Å². The van der Waals surface area contributed by atoms with Crippen LogP contribution in [0.15, 0.2) is 60.9 Å². The van der Waals surface area contributed by atoms with E-state index in [1.807, 2.05) is 25.1 Å². The van der Waals surface area contributed by atoms with Gasteiger partial charge < -0.3 is 14.8 Å². The molecule has 0 spiro atoms. The number of rotatable bonds is 6. The van der Waals surface area contributed by atoms with Crippen LogP contribution in [0.25, 0.3) is 0 Å². The van der Waals surface area contributed by atoms with Gasteiger partial charge in [0.25, 0.3) is 5.91 Å². The topological polar surface area (TPSA) is 73.3 Å². The minimum absolute atomic E-state index is 0.0239. The Morgan fingerprint density at radius 1 is 1.12 bits per heavy atom. The molecular formula is C19H16FN3O3. The molecule has 1 N–H and O–H groups in total. The minimum atomic E-state index is -0.512. The van der Waals surface area contributed by atoms with Crippen LogP contribution in [0.5, 0.6) is 17.5 Å². The zero-order chi connectivity index (χ0) is 18.4. The van der Waals surface area contributed by atoms with Crippen LogP contribution in [0.2, 0.25) is 0 Å². The molecule has 0 aliphatic heterocycles. The highest BCUT2D eigenvalue weighted by Gasteiger charge is 2.08. The van der Waals surface area contributed by atoms with Crippen molar-refractivity contribution in [1.29, 1.82) is 0 Å². The van der Waals surface area contributed by atoms with Gasteiger partial charge in [0.05, 0.1) is 18.1 Å². The lowest BCUT2D eigenvalue weighted by molar-refractivity contribution is -0.118. The van der Waals surface area contributed by atoms with Crippen molar-refractivity contribution >= 4 is 11.6 Å². The zero-order valence-electron chi connectivity index (χ0n) is 14.0. The van der Waals surface area contributed by atoms with Crippen molar-refractivity contribution in [2.24, 2.45) is 0 Å². The Bertz CT molecular complexity index is 901. The van der Waals surface area contributed by atoms with Crippen LogP contribution >= 0.6 is 0 Å². The number of hydrogen-bond acceptors (Lipinski definition) is 5. The number of carbonyl (C=O) groups is 1. The summed E-state index contributed by atoms with van der Waals surface area (Å²) < 4.78 is 24.2. The summed E-state index contributed by atoms with van der Waals surface area (Å²) in [6.07, 6.45) is 2.74. The number of carbonyl (C=O) groups excluding carboxylic acids is 1. The second-order valence-electron chi connectivity index (χ2n) is 5.44. The molecule has 7 heteroatoms. The predicted octanol–water partition coefficient (Wildman–Crippen LogP) is 3.73. The predicted molar refractivity (Wildman–Crippen MR) is 93.8 cm³/mol. The lowest BCUT2D eigenvalue weighted by Crippen LogP contribution is -2.20. The average Bonchev–Trinajstić information content (AvgIpc) is 2.64. The quantitative estimate of drug-likeness (QED) is 0.731. The number of hydrogen-bond donors (Lipinski definition) is 1. The molecule has 0 atom stereocenters. The molecule has 6 nitrogen and oxygen atoms in total. The van der Waals surface area contributed by atoms with Crippen LogP contribution in [0.1, 0.15) is 5.56 Å². The maximum absolute atomic E-state index is 13.5. The Labute approximate surface area is 149 Å². The fourth-order valence-electron chi connectivity index (χ4n) is 2.11. The molecule has 1 aromatic heterocycles. The Kier molecular flexibility index (Phi) is 5.38. The number of nitrogens with one attached hydrogen (secondary N) is 1. The Balaban J connectivity index is 1.53. The number of anilines is 1. The van der Waals surface area contributed by atoms with Crippen LogP contribution in [0.4, 0.5) is 10.1 Å². The summed E-state index contributed by atoms with van der Waals surface area (Å²) in [5, 5.41) is 2.61. The second kappa shape index (κ2) is 8.06. The Hall–Kier alpha value is -3.48. The molecule has 1 amide bonds. The Morgan fingerprint density at radius 3 is 2.62 bits per heavy atom. The lowest BCUT2D eigenvalue weighted by atomic mass is 10.2. The highest BCUT2D eigenvalue weighted by atomic mass is 19.1. The molecular weight excluding hydrogens is 337 g/mol. The van der Waals surface area contributed by atoms with Crippen molar-refractivity contribution in [3.63, 3.8) is 0 Å². The van der Waals surface area contributed by atoms with Crippen LogP contribution in [0.3, 0.4) is 0 Å². The van der Waals surface area contributed by atoms with Crippen molar-refractivity contribution in [3.05, 3.63) is 72.3 Å². The third-order valence-electron chi connectivity index (χ3n) is 3.31. The fourth-order valence-corrected chi connectivity index (χ4v) is 2.11. The molecule has 0 radical (unpaired) electrons. The molecule has 3 rings (SSSR count). The van der Waals surface area contributed by atoms with E-state index >= 15 is 0 Å². The van der Waals surface area contributed by atoms with Gasteiger partial charge in [-0.2, -0.15) is 0 Å². The molecule has 0 saturated carbocycles. The van der Waals surface area contributed by atoms with Gasteiger partial charge >= 0.3 is 6.01 Å². The van der Waals surface area contributed by atoms with Crippen molar-refractivity contribution in [2.75, 3.05) is 11.9 Å². The summed E-state index contributed by atoms with van der Waals surface area (Å²) in [7, 11) is 0. The van der Waals surface area contributed by atoms with Crippen molar-refractivity contribution < 1.29 is 18.7 Å². The van der Waals surface area contributed by atoms with Crippen molar-refractivity contribution in [2.45, 2.75) is 6.92 Å². The van der Waals surface area contributed by atoms with E-state index in [2.05, 4.69) is 15.3 Å². The van der Waals surface area contributed by atoms with Crippen LogP contribution in [-0.4, -0.2) is 22.5 Å². The van der Waals surface area contributed by atoms with Gasteiger partial charge in [0.1, 0.15) is 5.75 Å². The lowest BCUT2D eigenvalue weighted by Gasteiger charge is -2.08. The second-order valence-corrected chi connectivity index (χ2v) is 5.44. The third kappa shape index (κ3) is 4.76. The Morgan fingerprint density at radius 2 is 1.88 bits per heavy atom. The molecule has 1 heterocycles. The first-order chi connectivity index (χ1) is 12.6. The summed E-state index contributed by atoms with van der Waals surface area (Å²) in [4.78, 5) is 19.8.